The third-order valence-corrected chi connectivity index (χ3v) is 5.86. The number of phenols is 2. The zero-order valence-corrected chi connectivity index (χ0v) is 21.1. The normalized spacial score (nSPS) is 11.0. The highest BCUT2D eigenvalue weighted by molar-refractivity contribution is 6.28. The van der Waals surface area contributed by atoms with Crippen LogP contribution in [0.15, 0.2) is 72.9 Å². The molecule has 2 N–H and O–H groups in total. The fraction of sp³-hybridized carbons (Fsp3) is 0.179. The van der Waals surface area contributed by atoms with Crippen molar-refractivity contribution >= 4 is 23.2 Å². The molecule has 1 amide bonds. The number of amides is 1. The van der Waals surface area contributed by atoms with Gasteiger partial charge in [0.1, 0.15) is 11.5 Å². The minimum Gasteiger partial charge on any atom is -0.508 e. The largest absolute Gasteiger partial charge is 0.508 e. The third kappa shape index (κ3) is 5.82. The van der Waals surface area contributed by atoms with Crippen LogP contribution in [0.4, 0.5) is 5.69 Å². The molecule has 4 aromatic rings. The fourth-order valence-electron chi connectivity index (χ4n) is 4.01. The SMILES string of the molecule is Cc1cnc(Cl)nc1-c1ccc(N(Cc2cccc(CN(C)C)c2)C(=O)c2ccc(O)cc2O)cc1. The van der Waals surface area contributed by atoms with Crippen LogP contribution in [0.25, 0.3) is 11.3 Å². The quantitative estimate of drug-likeness (QED) is 0.328. The maximum absolute atomic E-state index is 13.6. The molecular weight excluding hydrogens is 476 g/mol. The first-order chi connectivity index (χ1) is 17.2. The maximum atomic E-state index is 13.6. The number of rotatable bonds is 7. The van der Waals surface area contributed by atoms with Gasteiger partial charge >= 0.3 is 0 Å². The predicted molar refractivity (Wildman–Crippen MR) is 141 cm³/mol. The molecule has 0 atom stereocenters. The zero-order valence-electron chi connectivity index (χ0n) is 20.3. The summed E-state index contributed by atoms with van der Waals surface area (Å²) in [5, 5.41) is 20.2. The van der Waals surface area contributed by atoms with Gasteiger partial charge in [-0.05, 0) is 73.6 Å². The van der Waals surface area contributed by atoms with Crippen molar-refractivity contribution in [2.75, 3.05) is 19.0 Å². The number of benzene rings is 3. The molecule has 0 aliphatic carbocycles. The molecule has 0 spiro atoms. The van der Waals surface area contributed by atoms with Crippen LogP contribution in [0.5, 0.6) is 11.5 Å². The second kappa shape index (κ2) is 10.8. The van der Waals surface area contributed by atoms with Crippen molar-refractivity contribution in [1.82, 2.24) is 14.9 Å². The van der Waals surface area contributed by atoms with E-state index in [1.165, 1.54) is 12.1 Å². The lowest BCUT2D eigenvalue weighted by atomic mass is 10.1. The number of aryl methyl sites for hydroxylation is 1. The van der Waals surface area contributed by atoms with Gasteiger partial charge in [0.05, 0.1) is 17.8 Å². The Hall–Kier alpha value is -3.94. The summed E-state index contributed by atoms with van der Waals surface area (Å²) in [5.41, 5.74) is 5.26. The van der Waals surface area contributed by atoms with E-state index in [0.717, 1.165) is 34.9 Å². The number of nitrogens with zero attached hydrogens (tertiary/aromatic N) is 4. The molecule has 3 aromatic carbocycles. The van der Waals surface area contributed by atoms with Crippen molar-refractivity contribution in [2.24, 2.45) is 0 Å². The smallest absolute Gasteiger partial charge is 0.262 e. The lowest BCUT2D eigenvalue weighted by molar-refractivity contribution is 0.0982. The molecule has 7 nitrogen and oxygen atoms in total. The first-order valence-corrected chi connectivity index (χ1v) is 11.7. The molecule has 0 bridgehead atoms. The van der Waals surface area contributed by atoms with Crippen LogP contribution in [0.3, 0.4) is 0 Å². The minimum atomic E-state index is -0.389. The summed E-state index contributed by atoms with van der Waals surface area (Å²) in [5.74, 6) is -0.788. The van der Waals surface area contributed by atoms with Crippen LogP contribution in [0.2, 0.25) is 5.28 Å². The first-order valence-electron chi connectivity index (χ1n) is 11.4. The van der Waals surface area contributed by atoms with Gasteiger partial charge in [-0.2, -0.15) is 0 Å². The van der Waals surface area contributed by atoms with Crippen LogP contribution in [0.1, 0.15) is 27.0 Å². The molecule has 1 heterocycles. The van der Waals surface area contributed by atoms with E-state index < -0.39 is 0 Å². The lowest BCUT2D eigenvalue weighted by Gasteiger charge is -2.24. The highest BCUT2D eigenvalue weighted by Crippen LogP contribution is 2.30. The predicted octanol–water partition coefficient (Wildman–Crippen LogP) is 5.43. The van der Waals surface area contributed by atoms with Crippen LogP contribution < -0.4 is 4.90 Å². The Morgan fingerprint density at radius 1 is 0.944 bits per heavy atom. The van der Waals surface area contributed by atoms with Crippen molar-refractivity contribution in [1.29, 1.82) is 0 Å². The molecule has 0 fully saturated rings. The Labute approximate surface area is 215 Å². The second-order valence-corrected chi connectivity index (χ2v) is 9.21. The van der Waals surface area contributed by atoms with Crippen molar-refractivity contribution in [3.63, 3.8) is 0 Å². The second-order valence-electron chi connectivity index (χ2n) is 8.87. The topological polar surface area (TPSA) is 89.8 Å². The van der Waals surface area contributed by atoms with Crippen LogP contribution in [-0.4, -0.2) is 45.1 Å². The van der Waals surface area contributed by atoms with Gasteiger partial charge in [-0.15, -0.1) is 0 Å². The molecule has 0 aliphatic heterocycles. The molecule has 4 rings (SSSR count). The number of aromatic nitrogens is 2. The molecule has 0 unspecified atom stereocenters. The summed E-state index contributed by atoms with van der Waals surface area (Å²) in [7, 11) is 4.01. The molecule has 0 radical (unpaired) electrons. The number of phenolic OH excluding ortho intramolecular Hbond substituents is 2. The molecule has 0 aliphatic rings. The van der Waals surface area contributed by atoms with E-state index in [4.69, 9.17) is 11.6 Å². The maximum Gasteiger partial charge on any atom is 0.262 e. The fourth-order valence-corrected chi connectivity index (χ4v) is 4.15. The summed E-state index contributed by atoms with van der Waals surface area (Å²) < 4.78 is 0. The molecule has 1 aromatic heterocycles. The van der Waals surface area contributed by atoms with Crippen LogP contribution >= 0.6 is 11.6 Å². The molecule has 184 valence electrons. The van der Waals surface area contributed by atoms with Gasteiger partial charge in [-0.25, -0.2) is 9.97 Å². The molecule has 36 heavy (non-hydrogen) atoms. The van der Waals surface area contributed by atoms with Gasteiger partial charge in [0, 0.05) is 30.1 Å². The molecule has 8 heteroatoms. The summed E-state index contributed by atoms with van der Waals surface area (Å²) in [6.45, 7) is 2.97. The van der Waals surface area contributed by atoms with Crippen molar-refractivity contribution in [3.8, 4) is 22.8 Å². The Bertz CT molecular complexity index is 1390. The summed E-state index contributed by atoms with van der Waals surface area (Å²) in [6.07, 6.45) is 1.67. The van der Waals surface area contributed by atoms with E-state index in [2.05, 4.69) is 20.9 Å². The van der Waals surface area contributed by atoms with E-state index in [1.807, 2.05) is 63.5 Å². The van der Waals surface area contributed by atoms with Crippen molar-refractivity contribution in [3.05, 3.63) is 100 Å². The van der Waals surface area contributed by atoms with Gasteiger partial charge < -0.3 is 20.0 Å². The Balaban J connectivity index is 1.72. The van der Waals surface area contributed by atoms with Gasteiger partial charge in [-0.1, -0.05) is 36.4 Å². The summed E-state index contributed by atoms with van der Waals surface area (Å²) in [4.78, 5) is 25.7. The molecule has 0 saturated heterocycles. The van der Waals surface area contributed by atoms with Gasteiger partial charge in [-0.3, -0.25) is 4.79 Å². The van der Waals surface area contributed by atoms with Crippen molar-refractivity contribution < 1.29 is 15.0 Å². The van der Waals surface area contributed by atoms with Crippen LogP contribution in [-0.2, 0) is 13.1 Å². The number of aromatic hydroxyl groups is 2. The highest BCUT2D eigenvalue weighted by Gasteiger charge is 2.22. The average molecular weight is 503 g/mol. The number of hydrogen-bond donors (Lipinski definition) is 2. The Morgan fingerprint density at radius 2 is 1.64 bits per heavy atom. The van der Waals surface area contributed by atoms with E-state index >= 15 is 0 Å². The average Bonchev–Trinajstić information content (AvgIpc) is 2.84. The van der Waals surface area contributed by atoms with E-state index in [-0.39, 0.29) is 34.8 Å². The molecule has 0 saturated carbocycles. The van der Waals surface area contributed by atoms with Gasteiger partial charge in [0.25, 0.3) is 5.91 Å². The standard InChI is InChI=1S/C28H27ClN4O3/c1-18-15-30-28(29)31-26(18)21-7-9-22(10-8-21)33(27(36)24-12-11-23(34)14-25(24)35)17-20-6-4-5-19(13-20)16-32(2)3/h4-15,34-35H,16-17H2,1-3H3. The minimum absolute atomic E-state index is 0.0970. The number of carbonyl (C=O) groups is 1. The molecular formula is C28H27ClN4O3. The Morgan fingerprint density at radius 3 is 2.31 bits per heavy atom. The monoisotopic (exact) mass is 502 g/mol. The Kier molecular flexibility index (Phi) is 7.52. The third-order valence-electron chi connectivity index (χ3n) is 5.68. The van der Waals surface area contributed by atoms with Gasteiger partial charge in [0.2, 0.25) is 5.28 Å². The zero-order chi connectivity index (χ0) is 25.8. The van der Waals surface area contributed by atoms with E-state index in [9.17, 15) is 15.0 Å². The number of hydrogen-bond acceptors (Lipinski definition) is 6. The van der Waals surface area contributed by atoms with Gasteiger partial charge in [0.15, 0.2) is 0 Å². The highest BCUT2D eigenvalue weighted by atomic mass is 35.5. The number of halogens is 1. The lowest BCUT2D eigenvalue weighted by Crippen LogP contribution is -2.30. The number of carbonyl (C=O) groups excluding carboxylic acids is 1. The summed E-state index contributed by atoms with van der Waals surface area (Å²) >= 11 is 6.00. The van der Waals surface area contributed by atoms with Crippen molar-refractivity contribution in [2.45, 2.75) is 20.0 Å². The van der Waals surface area contributed by atoms with Crippen LogP contribution in [0, 0.1) is 6.92 Å². The van der Waals surface area contributed by atoms with E-state index in [1.54, 1.807) is 11.1 Å². The van der Waals surface area contributed by atoms with E-state index in [0.29, 0.717) is 11.4 Å². The summed E-state index contributed by atoms with van der Waals surface area (Å²) in [6, 6.07) is 19.4. The first kappa shape index (κ1) is 25.2. The number of anilines is 1.